The molecule has 0 saturated carbocycles. The van der Waals surface area contributed by atoms with E-state index in [-0.39, 0.29) is 5.11 Å². The number of hydrogen-bond donors (Lipinski definition) is 3. The van der Waals surface area contributed by atoms with Crippen molar-refractivity contribution < 1.29 is 0 Å². The molecule has 0 fully saturated rings. The third kappa shape index (κ3) is 6.96. The molecule has 0 amide bonds. The van der Waals surface area contributed by atoms with E-state index in [0.29, 0.717) is 0 Å². The molecule has 3 nitrogen and oxygen atoms in total. The van der Waals surface area contributed by atoms with Crippen LogP contribution in [0.25, 0.3) is 0 Å². The maximum atomic E-state index is 6.89. The molecule has 0 radical (unpaired) electrons. The predicted molar refractivity (Wildman–Crippen MR) is 60.0 cm³/mol. The number of rotatable bonds is 1. The summed E-state index contributed by atoms with van der Waals surface area (Å²) >= 11 is 4.09. The third-order valence-corrected chi connectivity index (χ3v) is 1.24. The molecule has 1 aromatic rings. The molecule has 0 unspecified atom stereocenters. The minimum atomic E-state index is 0.000000000000000222. The number of benzene rings is 1. The lowest BCUT2D eigenvalue weighted by Gasteiger charge is -1.90. The summed E-state index contributed by atoms with van der Waals surface area (Å²) in [5.41, 5.74) is 11.4. The van der Waals surface area contributed by atoms with Gasteiger partial charge in [0.1, 0.15) is 0 Å². The van der Waals surface area contributed by atoms with Crippen LogP contribution in [0.4, 0.5) is 0 Å². The van der Waals surface area contributed by atoms with Gasteiger partial charge in [0, 0.05) is 6.21 Å². The fourth-order valence-electron chi connectivity index (χ4n) is 0.663. The Morgan fingerprint density at radius 3 is 2.00 bits per heavy atom. The Hall–Kier alpha value is -1.42. The van der Waals surface area contributed by atoms with Gasteiger partial charge in [0.25, 0.3) is 0 Å². The second kappa shape index (κ2) is 6.14. The van der Waals surface area contributed by atoms with E-state index in [1.165, 1.54) is 11.8 Å². The van der Waals surface area contributed by atoms with Gasteiger partial charge >= 0.3 is 0 Å². The summed E-state index contributed by atoms with van der Waals surface area (Å²) in [6, 6.07) is 7.87. The summed E-state index contributed by atoms with van der Waals surface area (Å²) in [5, 5.41) is 6.89. The molecule has 0 aromatic heterocycles. The van der Waals surface area contributed by atoms with Crippen LogP contribution in [0.1, 0.15) is 11.1 Å². The Labute approximate surface area is 83.3 Å². The Morgan fingerprint density at radius 2 is 1.69 bits per heavy atom. The summed E-state index contributed by atoms with van der Waals surface area (Å²) in [6.45, 7) is 2.04. The van der Waals surface area contributed by atoms with Crippen LogP contribution in [0.2, 0.25) is 0 Å². The second-order valence-electron chi connectivity index (χ2n) is 2.46. The van der Waals surface area contributed by atoms with E-state index in [0.717, 1.165) is 5.56 Å². The van der Waals surface area contributed by atoms with Crippen molar-refractivity contribution in [2.24, 2.45) is 11.5 Å². The van der Waals surface area contributed by atoms with Crippen LogP contribution in [-0.4, -0.2) is 11.3 Å². The van der Waals surface area contributed by atoms with E-state index in [9.17, 15) is 0 Å². The minimum absolute atomic E-state index is 0.000000000000000222. The first-order valence-corrected chi connectivity index (χ1v) is 4.09. The molecule has 0 aliphatic rings. The summed E-state index contributed by atoms with van der Waals surface area (Å²) in [6.07, 6.45) is 1.35. The van der Waals surface area contributed by atoms with Crippen LogP contribution in [-0.2, 0) is 0 Å². The first-order chi connectivity index (χ1) is 6.06. The fourth-order valence-corrected chi connectivity index (χ4v) is 0.663. The van der Waals surface area contributed by atoms with E-state index in [1.807, 2.05) is 31.2 Å². The predicted octanol–water partition coefficient (Wildman–Crippen LogP) is 1.18. The highest BCUT2D eigenvalue weighted by Crippen LogP contribution is 1.98. The molecule has 1 aromatic carbocycles. The zero-order valence-corrected chi connectivity index (χ0v) is 8.27. The quantitative estimate of drug-likeness (QED) is 0.465. The average Bonchev–Trinajstić information content (AvgIpc) is 2.05. The highest BCUT2D eigenvalue weighted by atomic mass is 32.1. The van der Waals surface area contributed by atoms with Gasteiger partial charge in [-0.05, 0) is 24.7 Å². The lowest BCUT2D eigenvalue weighted by molar-refractivity contribution is 1.45. The molecule has 0 saturated heterocycles. The Balaban J connectivity index is 0.000000310. The van der Waals surface area contributed by atoms with Crippen molar-refractivity contribution in [2.75, 3.05) is 0 Å². The molecular formula is C9H13N3S. The largest absolute Gasteiger partial charge is 0.377 e. The minimum Gasteiger partial charge on any atom is -0.377 e. The normalized spacial score (nSPS) is 8.08. The van der Waals surface area contributed by atoms with Crippen LogP contribution in [0.5, 0.6) is 0 Å². The molecule has 0 heterocycles. The SMILES string of the molecule is Cc1ccc(C=N)cc1.NC(N)=S. The molecule has 5 N–H and O–H groups in total. The Kier molecular flexibility index (Phi) is 5.47. The molecule has 0 bridgehead atoms. The van der Waals surface area contributed by atoms with Crippen molar-refractivity contribution >= 4 is 23.5 Å². The molecule has 1 rings (SSSR count). The van der Waals surface area contributed by atoms with Gasteiger partial charge in [-0.1, -0.05) is 29.8 Å². The van der Waals surface area contributed by atoms with Crippen LogP contribution >= 0.6 is 12.2 Å². The van der Waals surface area contributed by atoms with Gasteiger partial charge in [0.15, 0.2) is 5.11 Å². The van der Waals surface area contributed by atoms with Crippen molar-refractivity contribution in [1.82, 2.24) is 0 Å². The van der Waals surface area contributed by atoms with E-state index >= 15 is 0 Å². The maximum absolute atomic E-state index is 6.89. The molecule has 70 valence electrons. The summed E-state index contributed by atoms with van der Waals surface area (Å²) in [7, 11) is 0. The van der Waals surface area contributed by atoms with E-state index in [1.54, 1.807) is 0 Å². The molecule has 0 atom stereocenters. The van der Waals surface area contributed by atoms with Gasteiger partial charge in [0.2, 0.25) is 0 Å². The Bertz CT molecular complexity index is 275. The van der Waals surface area contributed by atoms with Crippen molar-refractivity contribution in [1.29, 1.82) is 5.41 Å². The molecule has 13 heavy (non-hydrogen) atoms. The van der Waals surface area contributed by atoms with Crippen LogP contribution < -0.4 is 11.5 Å². The van der Waals surface area contributed by atoms with E-state index in [2.05, 4.69) is 23.7 Å². The molecule has 0 aliphatic heterocycles. The van der Waals surface area contributed by atoms with Crippen molar-refractivity contribution in [2.45, 2.75) is 6.92 Å². The second-order valence-corrected chi connectivity index (χ2v) is 2.93. The van der Waals surface area contributed by atoms with Gasteiger partial charge in [-0.2, -0.15) is 0 Å². The number of nitrogens with one attached hydrogen (secondary N) is 1. The van der Waals surface area contributed by atoms with Crippen molar-refractivity contribution in [3.63, 3.8) is 0 Å². The lowest BCUT2D eigenvalue weighted by atomic mass is 10.2. The van der Waals surface area contributed by atoms with Gasteiger partial charge in [0.05, 0.1) is 0 Å². The van der Waals surface area contributed by atoms with Crippen molar-refractivity contribution in [3.8, 4) is 0 Å². The highest BCUT2D eigenvalue weighted by Gasteiger charge is 1.83. The van der Waals surface area contributed by atoms with Crippen LogP contribution in [0.3, 0.4) is 0 Å². The fraction of sp³-hybridized carbons (Fsp3) is 0.111. The zero-order chi connectivity index (χ0) is 10.3. The first kappa shape index (κ1) is 11.6. The molecule has 0 aliphatic carbocycles. The number of aryl methyl sites for hydroxylation is 1. The van der Waals surface area contributed by atoms with E-state index in [4.69, 9.17) is 5.41 Å². The van der Waals surface area contributed by atoms with Gasteiger partial charge in [-0.15, -0.1) is 0 Å². The standard InChI is InChI=1S/C8H9N.CH4N2S/c1-7-2-4-8(6-9)5-3-7;2-1(3)4/h2-6,9H,1H3;(H4,2,3,4). The number of thiocarbonyl (C=S) groups is 1. The first-order valence-electron chi connectivity index (χ1n) is 3.68. The summed E-state index contributed by atoms with van der Waals surface area (Å²) < 4.78 is 0. The maximum Gasteiger partial charge on any atom is 0.160 e. The number of nitrogens with two attached hydrogens (primary N) is 2. The Morgan fingerprint density at radius 1 is 1.31 bits per heavy atom. The van der Waals surface area contributed by atoms with Gasteiger partial charge < -0.3 is 16.9 Å². The smallest absolute Gasteiger partial charge is 0.160 e. The number of hydrogen-bond acceptors (Lipinski definition) is 2. The van der Waals surface area contributed by atoms with Crippen molar-refractivity contribution in [3.05, 3.63) is 35.4 Å². The lowest BCUT2D eigenvalue weighted by Crippen LogP contribution is -2.18. The van der Waals surface area contributed by atoms with Crippen LogP contribution in [0, 0.1) is 12.3 Å². The van der Waals surface area contributed by atoms with Gasteiger partial charge in [-0.25, -0.2) is 0 Å². The monoisotopic (exact) mass is 195 g/mol. The average molecular weight is 195 g/mol. The topological polar surface area (TPSA) is 75.9 Å². The molecule has 0 spiro atoms. The highest BCUT2D eigenvalue weighted by molar-refractivity contribution is 7.80. The molecular weight excluding hydrogens is 182 g/mol. The summed E-state index contributed by atoms with van der Waals surface area (Å²) in [4.78, 5) is 0. The van der Waals surface area contributed by atoms with E-state index < -0.39 is 0 Å². The van der Waals surface area contributed by atoms with Crippen LogP contribution in [0.15, 0.2) is 24.3 Å². The van der Waals surface area contributed by atoms with Gasteiger partial charge in [-0.3, -0.25) is 0 Å². The third-order valence-electron chi connectivity index (χ3n) is 1.24. The molecule has 4 heteroatoms. The zero-order valence-electron chi connectivity index (χ0n) is 7.45. The summed E-state index contributed by atoms with van der Waals surface area (Å²) in [5.74, 6) is 0.